The average molecular weight is 391 g/mol. The van der Waals surface area contributed by atoms with Crippen molar-refractivity contribution in [2.45, 2.75) is 44.2 Å². The number of nitrogens with one attached hydrogen (secondary N) is 1. The van der Waals surface area contributed by atoms with E-state index in [1.807, 2.05) is 0 Å². The maximum atomic E-state index is 12.6. The molecule has 3 unspecified atom stereocenters. The summed E-state index contributed by atoms with van der Waals surface area (Å²) in [6.07, 6.45) is 4.47. The second-order valence-electron chi connectivity index (χ2n) is 7.40. The maximum Gasteiger partial charge on any atom is 0.320 e. The molecule has 1 aromatic rings. The molecule has 3 aliphatic rings. The summed E-state index contributed by atoms with van der Waals surface area (Å²) in [5, 5.41) is 23.5. The van der Waals surface area contributed by atoms with Crippen LogP contribution in [0.15, 0.2) is 12.1 Å². The molecule has 2 fully saturated rings. The number of carbonyl (C=O) groups is 2. The molecule has 0 spiro atoms. The number of hydrogen-bond donors (Lipinski definition) is 2. The lowest BCUT2D eigenvalue weighted by Crippen LogP contribution is -2.46. The van der Waals surface area contributed by atoms with E-state index in [9.17, 15) is 24.8 Å². The summed E-state index contributed by atoms with van der Waals surface area (Å²) >= 11 is 0. The number of nitrogens with zero attached hydrogens (tertiary/aromatic N) is 2. The molecule has 150 valence electrons. The Kier molecular flexibility index (Phi) is 4.80. The lowest BCUT2D eigenvalue weighted by Gasteiger charge is -2.32. The molecule has 0 bridgehead atoms. The van der Waals surface area contributed by atoms with E-state index in [4.69, 9.17) is 9.47 Å². The first-order valence-electron chi connectivity index (χ1n) is 9.30. The number of anilines is 1. The second kappa shape index (κ2) is 7.27. The van der Waals surface area contributed by atoms with E-state index in [0.29, 0.717) is 12.2 Å². The van der Waals surface area contributed by atoms with Crippen molar-refractivity contribution in [1.82, 2.24) is 4.90 Å². The third kappa shape index (κ3) is 3.35. The molecule has 1 aliphatic carbocycles. The van der Waals surface area contributed by atoms with Crippen molar-refractivity contribution in [2.75, 3.05) is 18.7 Å². The van der Waals surface area contributed by atoms with Crippen molar-refractivity contribution in [3.63, 3.8) is 0 Å². The molecule has 28 heavy (non-hydrogen) atoms. The average Bonchev–Trinajstić information content (AvgIpc) is 3.25. The van der Waals surface area contributed by atoms with Crippen molar-refractivity contribution in [3.8, 4) is 11.5 Å². The van der Waals surface area contributed by atoms with E-state index in [2.05, 4.69) is 5.32 Å². The maximum absolute atomic E-state index is 12.6. The van der Waals surface area contributed by atoms with Gasteiger partial charge in [0.2, 0.25) is 12.7 Å². The first-order chi connectivity index (χ1) is 13.4. The summed E-state index contributed by atoms with van der Waals surface area (Å²) in [4.78, 5) is 36.8. The normalized spacial score (nSPS) is 25.9. The lowest BCUT2D eigenvalue weighted by molar-refractivity contribution is -0.384. The zero-order valence-electron chi connectivity index (χ0n) is 15.1. The van der Waals surface area contributed by atoms with Gasteiger partial charge in [0.1, 0.15) is 11.7 Å². The van der Waals surface area contributed by atoms with Crippen LogP contribution < -0.4 is 14.8 Å². The Hall–Kier alpha value is -2.88. The Morgan fingerprint density at radius 2 is 1.96 bits per heavy atom. The van der Waals surface area contributed by atoms with Gasteiger partial charge in [-0.2, -0.15) is 0 Å². The molecule has 0 aromatic heterocycles. The van der Waals surface area contributed by atoms with Crippen LogP contribution in [0.2, 0.25) is 0 Å². The van der Waals surface area contributed by atoms with Gasteiger partial charge in [0, 0.05) is 12.1 Å². The van der Waals surface area contributed by atoms with E-state index in [1.165, 1.54) is 12.1 Å². The van der Waals surface area contributed by atoms with Gasteiger partial charge in [0.25, 0.3) is 5.69 Å². The van der Waals surface area contributed by atoms with Crippen LogP contribution in [0.3, 0.4) is 0 Å². The fraction of sp³-hybridized carbons (Fsp3) is 0.556. The minimum absolute atomic E-state index is 0.00511. The zero-order valence-corrected chi connectivity index (χ0v) is 15.1. The summed E-state index contributed by atoms with van der Waals surface area (Å²) < 4.78 is 10.4. The topological polar surface area (TPSA) is 131 Å². The van der Waals surface area contributed by atoms with Crippen LogP contribution >= 0.6 is 0 Å². The number of nitro benzene ring substituents is 1. The molecule has 0 radical (unpaired) electrons. The minimum Gasteiger partial charge on any atom is -0.480 e. The van der Waals surface area contributed by atoms with Crippen LogP contribution in [0.4, 0.5) is 11.4 Å². The molecule has 2 aliphatic heterocycles. The summed E-state index contributed by atoms with van der Waals surface area (Å²) in [6.45, 7) is -0.162. The standard InChI is InChI=1S/C18H21N3O7/c22-17(8-20-12-4-2-1-3-10(12)5-14(20)18(23)24)19-11-6-15-16(28-9-27-15)7-13(11)21(25)26/h6-7,10,12,14H,1-5,8-9H2,(H,19,22)(H,23,24). The summed E-state index contributed by atoms with van der Waals surface area (Å²) in [7, 11) is 0. The third-order valence-corrected chi connectivity index (χ3v) is 5.79. The van der Waals surface area contributed by atoms with Crippen molar-refractivity contribution >= 4 is 23.3 Å². The first-order valence-corrected chi connectivity index (χ1v) is 9.30. The van der Waals surface area contributed by atoms with Crippen LogP contribution in [0.5, 0.6) is 11.5 Å². The van der Waals surface area contributed by atoms with E-state index in [0.717, 1.165) is 25.7 Å². The molecule has 2 heterocycles. The van der Waals surface area contributed by atoms with Gasteiger partial charge < -0.3 is 19.9 Å². The van der Waals surface area contributed by atoms with Gasteiger partial charge in [-0.3, -0.25) is 24.6 Å². The summed E-state index contributed by atoms with van der Waals surface area (Å²) in [5.74, 6) is -0.573. The number of fused-ring (bicyclic) bond motifs is 2. The molecule has 10 nitrogen and oxygen atoms in total. The highest BCUT2D eigenvalue weighted by molar-refractivity contribution is 5.95. The number of aliphatic carboxylic acids is 1. The molecule has 2 N–H and O–H groups in total. The molecule has 1 aromatic carbocycles. The number of ether oxygens (including phenoxy) is 2. The minimum atomic E-state index is -0.934. The van der Waals surface area contributed by atoms with Gasteiger partial charge in [-0.1, -0.05) is 12.8 Å². The highest BCUT2D eigenvalue weighted by atomic mass is 16.7. The molecular weight excluding hydrogens is 370 g/mol. The predicted molar refractivity (Wildman–Crippen MR) is 96.3 cm³/mol. The van der Waals surface area contributed by atoms with E-state index >= 15 is 0 Å². The fourth-order valence-corrected chi connectivity index (χ4v) is 4.56. The quantitative estimate of drug-likeness (QED) is 0.575. The molecular formula is C18H21N3O7. The lowest BCUT2D eigenvalue weighted by atomic mass is 9.85. The van der Waals surface area contributed by atoms with Gasteiger partial charge in [0.15, 0.2) is 11.5 Å². The van der Waals surface area contributed by atoms with Crippen LogP contribution in [0, 0.1) is 16.0 Å². The number of likely N-dealkylation sites (tertiary alicyclic amines) is 1. The number of carboxylic acids is 1. The van der Waals surface area contributed by atoms with Crippen LogP contribution in [0.25, 0.3) is 0 Å². The number of hydrogen-bond acceptors (Lipinski definition) is 7. The third-order valence-electron chi connectivity index (χ3n) is 5.79. The van der Waals surface area contributed by atoms with Gasteiger partial charge in [-0.05, 0) is 25.2 Å². The Morgan fingerprint density at radius 3 is 2.68 bits per heavy atom. The SMILES string of the molecule is O=C(CN1C(C(=O)O)CC2CCCCC21)Nc1cc2c(cc1[N+](=O)[O-])OCO2. The molecule has 1 saturated heterocycles. The van der Waals surface area contributed by atoms with E-state index < -0.39 is 22.8 Å². The van der Waals surface area contributed by atoms with Crippen molar-refractivity contribution in [2.24, 2.45) is 5.92 Å². The van der Waals surface area contributed by atoms with Crippen molar-refractivity contribution in [3.05, 3.63) is 22.2 Å². The number of benzene rings is 1. The molecule has 10 heteroatoms. The smallest absolute Gasteiger partial charge is 0.320 e. The molecule has 4 rings (SSSR count). The number of amides is 1. The zero-order chi connectivity index (χ0) is 19.8. The number of carboxylic acid groups (broad SMARTS) is 1. The second-order valence-corrected chi connectivity index (χ2v) is 7.40. The van der Waals surface area contributed by atoms with Crippen LogP contribution in [-0.2, 0) is 9.59 Å². The van der Waals surface area contributed by atoms with Gasteiger partial charge in [-0.25, -0.2) is 0 Å². The highest BCUT2D eigenvalue weighted by Crippen LogP contribution is 2.41. The Labute approximate surface area is 160 Å². The van der Waals surface area contributed by atoms with Gasteiger partial charge >= 0.3 is 5.97 Å². The molecule has 1 amide bonds. The summed E-state index contributed by atoms with van der Waals surface area (Å²) in [6, 6.07) is 1.93. The summed E-state index contributed by atoms with van der Waals surface area (Å²) in [5.41, 5.74) is -0.296. The molecule has 1 saturated carbocycles. The number of rotatable bonds is 5. The number of nitro groups is 1. The van der Waals surface area contributed by atoms with Crippen molar-refractivity contribution < 1.29 is 29.1 Å². The number of carbonyl (C=O) groups excluding carboxylic acids is 1. The predicted octanol–water partition coefficient (Wildman–Crippen LogP) is 1.98. The molecule has 3 atom stereocenters. The highest BCUT2D eigenvalue weighted by Gasteiger charge is 2.45. The Morgan fingerprint density at radius 1 is 1.25 bits per heavy atom. The Balaban J connectivity index is 1.52. The van der Waals surface area contributed by atoms with Gasteiger partial charge in [0.05, 0.1) is 17.5 Å². The van der Waals surface area contributed by atoms with Crippen LogP contribution in [-0.4, -0.2) is 52.2 Å². The first kappa shape index (κ1) is 18.5. The van der Waals surface area contributed by atoms with Crippen LogP contribution in [0.1, 0.15) is 32.1 Å². The fourth-order valence-electron chi connectivity index (χ4n) is 4.56. The van der Waals surface area contributed by atoms with E-state index in [-0.39, 0.29) is 42.4 Å². The Bertz CT molecular complexity index is 828. The van der Waals surface area contributed by atoms with Gasteiger partial charge in [-0.15, -0.1) is 0 Å². The van der Waals surface area contributed by atoms with E-state index in [1.54, 1.807) is 4.90 Å². The van der Waals surface area contributed by atoms with Crippen molar-refractivity contribution in [1.29, 1.82) is 0 Å². The monoisotopic (exact) mass is 391 g/mol. The largest absolute Gasteiger partial charge is 0.480 e.